The summed E-state index contributed by atoms with van der Waals surface area (Å²) in [5.41, 5.74) is 0. The number of aliphatic hydroxyl groups is 1. The molecule has 16 heavy (non-hydrogen) atoms. The molecule has 0 bridgehead atoms. The fourth-order valence-corrected chi connectivity index (χ4v) is 3.12. The number of aromatic nitrogens is 1. The quantitative estimate of drug-likeness (QED) is 0.876. The molecule has 1 fully saturated rings. The van der Waals surface area contributed by atoms with E-state index in [-0.39, 0.29) is 6.61 Å². The van der Waals surface area contributed by atoms with Gasteiger partial charge in [-0.2, -0.15) is 0 Å². The molecule has 1 N–H and O–H groups in total. The fraction of sp³-hybridized carbons (Fsp3) is 0.750. The number of thiazole rings is 1. The summed E-state index contributed by atoms with van der Waals surface area (Å²) in [6.07, 6.45) is 4.33. The highest BCUT2D eigenvalue weighted by Crippen LogP contribution is 2.25. The molecule has 1 aromatic heterocycles. The Balaban J connectivity index is 1.97. The van der Waals surface area contributed by atoms with Crippen LogP contribution in [-0.2, 0) is 6.54 Å². The van der Waals surface area contributed by atoms with Crippen molar-refractivity contribution in [3.8, 4) is 0 Å². The molecule has 1 saturated heterocycles. The van der Waals surface area contributed by atoms with Crippen LogP contribution < -0.4 is 0 Å². The molecule has 0 saturated carbocycles. The lowest BCUT2D eigenvalue weighted by molar-refractivity contribution is 0.154. The van der Waals surface area contributed by atoms with E-state index in [1.165, 1.54) is 16.3 Å². The number of nitrogens with zero attached hydrogens (tertiary/aromatic N) is 2. The summed E-state index contributed by atoms with van der Waals surface area (Å²) in [6, 6.07) is 0.365. The molecule has 3 nitrogen and oxygen atoms in total. The van der Waals surface area contributed by atoms with Crippen LogP contribution in [0.2, 0.25) is 0 Å². The Bertz CT molecular complexity index is 338. The molecule has 90 valence electrons. The van der Waals surface area contributed by atoms with Gasteiger partial charge in [-0.05, 0) is 19.4 Å². The first kappa shape index (κ1) is 12.0. The number of hydrogen-bond acceptors (Lipinski definition) is 4. The minimum atomic E-state index is 0.288. The van der Waals surface area contributed by atoms with Crippen molar-refractivity contribution in [1.29, 1.82) is 0 Å². The number of likely N-dealkylation sites (tertiary alicyclic amines) is 1. The third-order valence-corrected chi connectivity index (χ3v) is 4.42. The highest BCUT2D eigenvalue weighted by atomic mass is 32.1. The van der Waals surface area contributed by atoms with E-state index >= 15 is 0 Å². The van der Waals surface area contributed by atoms with Gasteiger partial charge in [-0.3, -0.25) is 4.90 Å². The summed E-state index contributed by atoms with van der Waals surface area (Å²) < 4.78 is 0. The van der Waals surface area contributed by atoms with Crippen LogP contribution in [0.5, 0.6) is 0 Å². The van der Waals surface area contributed by atoms with Crippen molar-refractivity contribution in [3.05, 3.63) is 16.1 Å². The lowest BCUT2D eigenvalue weighted by Crippen LogP contribution is -2.31. The van der Waals surface area contributed by atoms with Gasteiger partial charge in [0.1, 0.15) is 0 Å². The predicted molar refractivity (Wildman–Crippen MR) is 66.7 cm³/mol. The van der Waals surface area contributed by atoms with Gasteiger partial charge in [0.25, 0.3) is 0 Å². The SMILES string of the molecule is CC(C)c1ncc(CN2CCC[C@H]2CO)s1. The molecule has 2 heterocycles. The maximum absolute atomic E-state index is 9.25. The smallest absolute Gasteiger partial charge is 0.0953 e. The van der Waals surface area contributed by atoms with Crippen LogP contribution >= 0.6 is 11.3 Å². The van der Waals surface area contributed by atoms with Crippen molar-refractivity contribution < 1.29 is 5.11 Å². The fourth-order valence-electron chi connectivity index (χ4n) is 2.17. The Kier molecular flexibility index (Phi) is 3.95. The molecule has 0 aromatic carbocycles. The van der Waals surface area contributed by atoms with Gasteiger partial charge >= 0.3 is 0 Å². The topological polar surface area (TPSA) is 36.4 Å². The van der Waals surface area contributed by atoms with Crippen LogP contribution in [0.1, 0.15) is 42.5 Å². The summed E-state index contributed by atoms with van der Waals surface area (Å²) in [4.78, 5) is 8.13. The first-order chi connectivity index (χ1) is 7.70. The Morgan fingerprint density at radius 3 is 3.06 bits per heavy atom. The van der Waals surface area contributed by atoms with Crippen LogP contribution in [0.15, 0.2) is 6.20 Å². The molecule has 1 atom stereocenters. The zero-order chi connectivity index (χ0) is 11.5. The van der Waals surface area contributed by atoms with Crippen molar-refractivity contribution in [2.24, 2.45) is 0 Å². The van der Waals surface area contributed by atoms with E-state index in [2.05, 4.69) is 23.7 Å². The third-order valence-electron chi connectivity index (χ3n) is 3.13. The summed E-state index contributed by atoms with van der Waals surface area (Å²) in [6.45, 7) is 6.70. The number of hydrogen-bond donors (Lipinski definition) is 1. The molecule has 2 rings (SSSR count). The van der Waals surface area contributed by atoms with E-state index < -0.39 is 0 Å². The first-order valence-electron chi connectivity index (χ1n) is 6.00. The van der Waals surface area contributed by atoms with Gasteiger partial charge < -0.3 is 5.11 Å². The molecule has 0 amide bonds. The van der Waals surface area contributed by atoms with Crippen molar-refractivity contribution in [2.75, 3.05) is 13.2 Å². The molecular formula is C12H20N2OS. The van der Waals surface area contributed by atoms with Crippen LogP contribution in [0, 0.1) is 0 Å². The predicted octanol–water partition coefficient (Wildman–Crippen LogP) is 2.22. The minimum Gasteiger partial charge on any atom is -0.395 e. The second-order valence-corrected chi connectivity index (χ2v) is 5.92. The second-order valence-electron chi connectivity index (χ2n) is 4.77. The van der Waals surface area contributed by atoms with Gasteiger partial charge in [-0.1, -0.05) is 13.8 Å². The van der Waals surface area contributed by atoms with E-state index in [0.717, 1.165) is 19.5 Å². The van der Waals surface area contributed by atoms with E-state index in [1.54, 1.807) is 11.3 Å². The van der Waals surface area contributed by atoms with E-state index in [4.69, 9.17) is 0 Å². The zero-order valence-corrected chi connectivity index (χ0v) is 10.8. The van der Waals surface area contributed by atoms with Gasteiger partial charge in [0, 0.05) is 29.6 Å². The average molecular weight is 240 g/mol. The zero-order valence-electron chi connectivity index (χ0n) is 10.0. The van der Waals surface area contributed by atoms with Gasteiger partial charge in [0.05, 0.1) is 11.6 Å². The van der Waals surface area contributed by atoms with Crippen LogP contribution in [0.25, 0.3) is 0 Å². The van der Waals surface area contributed by atoms with Gasteiger partial charge in [0.2, 0.25) is 0 Å². The number of rotatable bonds is 4. The average Bonchev–Trinajstić information content (AvgIpc) is 2.87. The largest absolute Gasteiger partial charge is 0.395 e. The van der Waals surface area contributed by atoms with Crippen molar-refractivity contribution in [1.82, 2.24) is 9.88 Å². The Labute approximate surface area is 101 Å². The lowest BCUT2D eigenvalue weighted by Gasteiger charge is -2.21. The molecule has 1 aromatic rings. The van der Waals surface area contributed by atoms with Crippen LogP contribution in [0.4, 0.5) is 0 Å². The van der Waals surface area contributed by atoms with Crippen LogP contribution in [0.3, 0.4) is 0 Å². The van der Waals surface area contributed by atoms with Gasteiger partial charge in [0.15, 0.2) is 0 Å². The third kappa shape index (κ3) is 2.62. The van der Waals surface area contributed by atoms with E-state index in [0.29, 0.717) is 12.0 Å². The summed E-state index contributed by atoms with van der Waals surface area (Å²) in [7, 11) is 0. The van der Waals surface area contributed by atoms with Crippen molar-refractivity contribution >= 4 is 11.3 Å². The number of aliphatic hydroxyl groups excluding tert-OH is 1. The van der Waals surface area contributed by atoms with E-state index in [9.17, 15) is 5.11 Å². The lowest BCUT2D eigenvalue weighted by atomic mass is 10.2. The Hall–Kier alpha value is -0.450. The maximum atomic E-state index is 9.25. The molecule has 0 aliphatic carbocycles. The first-order valence-corrected chi connectivity index (χ1v) is 6.82. The maximum Gasteiger partial charge on any atom is 0.0953 e. The monoisotopic (exact) mass is 240 g/mol. The van der Waals surface area contributed by atoms with Gasteiger partial charge in [-0.15, -0.1) is 11.3 Å². The minimum absolute atomic E-state index is 0.288. The second kappa shape index (κ2) is 5.25. The molecule has 4 heteroatoms. The Morgan fingerprint density at radius 1 is 1.62 bits per heavy atom. The van der Waals surface area contributed by atoms with Crippen molar-refractivity contribution in [2.45, 2.75) is 45.2 Å². The Morgan fingerprint density at radius 2 is 2.44 bits per heavy atom. The standard InChI is InChI=1S/C12H20N2OS/c1-9(2)12-13-6-11(16-12)7-14-5-3-4-10(14)8-15/h6,9-10,15H,3-5,7-8H2,1-2H3/t10-/m0/s1. The summed E-state index contributed by atoms with van der Waals surface area (Å²) in [5, 5.41) is 10.5. The normalized spacial score (nSPS) is 22.1. The molecule has 1 aliphatic heterocycles. The highest BCUT2D eigenvalue weighted by Gasteiger charge is 2.24. The summed E-state index contributed by atoms with van der Waals surface area (Å²) in [5.74, 6) is 0.519. The van der Waals surface area contributed by atoms with Crippen LogP contribution in [-0.4, -0.2) is 34.2 Å². The van der Waals surface area contributed by atoms with E-state index in [1.807, 2.05) is 6.20 Å². The molecule has 1 aliphatic rings. The molecular weight excluding hydrogens is 220 g/mol. The molecule has 0 unspecified atom stereocenters. The van der Waals surface area contributed by atoms with Gasteiger partial charge in [-0.25, -0.2) is 4.98 Å². The summed E-state index contributed by atoms with van der Waals surface area (Å²) >= 11 is 1.81. The molecule has 0 radical (unpaired) electrons. The molecule has 0 spiro atoms. The van der Waals surface area contributed by atoms with Crippen molar-refractivity contribution in [3.63, 3.8) is 0 Å². The highest BCUT2D eigenvalue weighted by molar-refractivity contribution is 7.11.